The van der Waals surface area contributed by atoms with Crippen LogP contribution in [0, 0.1) is 11.6 Å². The van der Waals surface area contributed by atoms with Gasteiger partial charge >= 0.3 is 0 Å². The van der Waals surface area contributed by atoms with E-state index in [-0.39, 0.29) is 5.56 Å². The van der Waals surface area contributed by atoms with Gasteiger partial charge in [0.25, 0.3) is 0 Å². The summed E-state index contributed by atoms with van der Waals surface area (Å²) in [6, 6.07) is 8.61. The molecule has 0 aliphatic heterocycles. The lowest BCUT2D eigenvalue weighted by molar-refractivity contribution is 0.494. The lowest BCUT2D eigenvalue weighted by Crippen LogP contribution is -2.09. The Balaban J connectivity index is 2.25. The molecule has 0 bridgehead atoms. The fraction of sp³-hybridized carbons (Fsp3) is 0.143. The first-order chi connectivity index (χ1) is 8.97. The van der Waals surface area contributed by atoms with E-state index in [1.807, 2.05) is 0 Å². The molecule has 2 aromatic rings. The van der Waals surface area contributed by atoms with E-state index in [1.54, 1.807) is 25.1 Å². The number of benzene rings is 2. The van der Waals surface area contributed by atoms with Gasteiger partial charge in [-0.05, 0) is 31.2 Å². The first kappa shape index (κ1) is 14.1. The van der Waals surface area contributed by atoms with E-state index in [0.29, 0.717) is 15.7 Å². The molecule has 19 heavy (non-hydrogen) atoms. The maximum Gasteiger partial charge on any atom is 0.164 e. The number of anilines is 1. The smallest absolute Gasteiger partial charge is 0.164 e. The molecule has 1 unspecified atom stereocenters. The van der Waals surface area contributed by atoms with Crippen LogP contribution in [0.15, 0.2) is 36.4 Å². The maximum atomic E-state index is 13.6. The molecule has 0 spiro atoms. The van der Waals surface area contributed by atoms with Gasteiger partial charge in [-0.3, -0.25) is 0 Å². The van der Waals surface area contributed by atoms with Crippen molar-refractivity contribution in [1.29, 1.82) is 0 Å². The SMILES string of the molecule is CC(Nc1cc(Cl)cc(Cl)c1)c1cccc(F)c1F. The number of hydrogen-bond donors (Lipinski definition) is 1. The summed E-state index contributed by atoms with van der Waals surface area (Å²) >= 11 is 11.8. The van der Waals surface area contributed by atoms with Crippen LogP contribution in [-0.4, -0.2) is 0 Å². The van der Waals surface area contributed by atoms with Crippen LogP contribution in [-0.2, 0) is 0 Å². The summed E-state index contributed by atoms with van der Waals surface area (Å²) in [5, 5.41) is 3.98. The van der Waals surface area contributed by atoms with Gasteiger partial charge in [0.2, 0.25) is 0 Å². The summed E-state index contributed by atoms with van der Waals surface area (Å²) in [4.78, 5) is 0. The van der Waals surface area contributed by atoms with Gasteiger partial charge in [-0.1, -0.05) is 35.3 Å². The number of nitrogens with one attached hydrogen (secondary N) is 1. The monoisotopic (exact) mass is 301 g/mol. The van der Waals surface area contributed by atoms with Gasteiger partial charge in [0.15, 0.2) is 11.6 Å². The zero-order valence-electron chi connectivity index (χ0n) is 10.1. The second-order valence-corrected chi connectivity index (χ2v) is 5.04. The van der Waals surface area contributed by atoms with Crippen LogP contribution in [0.2, 0.25) is 10.0 Å². The Bertz CT molecular complexity index is 582. The van der Waals surface area contributed by atoms with Crippen molar-refractivity contribution in [3.63, 3.8) is 0 Å². The van der Waals surface area contributed by atoms with Crippen molar-refractivity contribution in [2.45, 2.75) is 13.0 Å². The second-order valence-electron chi connectivity index (χ2n) is 4.17. The average molecular weight is 302 g/mol. The van der Waals surface area contributed by atoms with Crippen LogP contribution >= 0.6 is 23.2 Å². The van der Waals surface area contributed by atoms with E-state index in [4.69, 9.17) is 23.2 Å². The highest BCUT2D eigenvalue weighted by atomic mass is 35.5. The van der Waals surface area contributed by atoms with Crippen molar-refractivity contribution in [2.24, 2.45) is 0 Å². The van der Waals surface area contributed by atoms with Crippen LogP contribution in [0.25, 0.3) is 0 Å². The Morgan fingerprint density at radius 2 is 1.68 bits per heavy atom. The normalized spacial score (nSPS) is 12.3. The van der Waals surface area contributed by atoms with E-state index in [9.17, 15) is 8.78 Å². The zero-order chi connectivity index (χ0) is 14.0. The highest BCUT2D eigenvalue weighted by Crippen LogP contribution is 2.27. The summed E-state index contributed by atoms with van der Waals surface area (Å²) in [7, 11) is 0. The van der Waals surface area contributed by atoms with Gasteiger partial charge in [-0.25, -0.2) is 8.78 Å². The minimum atomic E-state index is -0.865. The number of rotatable bonds is 3. The van der Waals surface area contributed by atoms with Gasteiger partial charge in [-0.15, -0.1) is 0 Å². The average Bonchev–Trinajstić information content (AvgIpc) is 2.31. The fourth-order valence-electron chi connectivity index (χ4n) is 1.82. The van der Waals surface area contributed by atoms with Crippen molar-refractivity contribution in [2.75, 3.05) is 5.32 Å². The fourth-order valence-corrected chi connectivity index (χ4v) is 2.35. The van der Waals surface area contributed by atoms with Crippen molar-refractivity contribution < 1.29 is 8.78 Å². The van der Waals surface area contributed by atoms with E-state index in [0.717, 1.165) is 6.07 Å². The first-order valence-electron chi connectivity index (χ1n) is 5.64. The molecule has 0 fully saturated rings. The first-order valence-corrected chi connectivity index (χ1v) is 6.39. The molecule has 0 aliphatic rings. The van der Waals surface area contributed by atoms with Gasteiger partial charge in [-0.2, -0.15) is 0 Å². The van der Waals surface area contributed by atoms with Gasteiger partial charge in [0.1, 0.15) is 0 Å². The predicted octanol–water partition coefficient (Wildman–Crippen LogP) is 5.44. The third kappa shape index (κ3) is 3.37. The summed E-state index contributed by atoms with van der Waals surface area (Å²) < 4.78 is 26.8. The summed E-state index contributed by atoms with van der Waals surface area (Å²) in [6.45, 7) is 1.73. The van der Waals surface area contributed by atoms with E-state index < -0.39 is 17.7 Å². The Hall–Kier alpha value is -1.32. The molecule has 1 nitrogen and oxygen atoms in total. The molecule has 0 saturated carbocycles. The second kappa shape index (κ2) is 5.76. The Morgan fingerprint density at radius 1 is 1.05 bits per heavy atom. The van der Waals surface area contributed by atoms with Gasteiger partial charge in [0, 0.05) is 21.3 Å². The lowest BCUT2D eigenvalue weighted by atomic mass is 10.1. The van der Waals surface area contributed by atoms with Crippen LogP contribution in [0.5, 0.6) is 0 Å². The quantitative estimate of drug-likeness (QED) is 0.795. The molecule has 0 saturated heterocycles. The molecule has 0 amide bonds. The molecule has 5 heteroatoms. The van der Waals surface area contributed by atoms with Crippen LogP contribution in [0.4, 0.5) is 14.5 Å². The highest BCUT2D eigenvalue weighted by molar-refractivity contribution is 6.35. The maximum absolute atomic E-state index is 13.6. The minimum Gasteiger partial charge on any atom is -0.378 e. The van der Waals surface area contributed by atoms with Crippen molar-refractivity contribution in [1.82, 2.24) is 0 Å². The molecule has 100 valence electrons. The summed E-state index contributed by atoms with van der Waals surface area (Å²) in [6.07, 6.45) is 0. The number of hydrogen-bond acceptors (Lipinski definition) is 1. The molecule has 0 heterocycles. The van der Waals surface area contributed by atoms with Gasteiger partial charge < -0.3 is 5.32 Å². The Morgan fingerprint density at radius 3 is 2.32 bits per heavy atom. The molecule has 0 radical (unpaired) electrons. The Labute approximate surface area is 120 Å². The predicted molar refractivity (Wildman–Crippen MR) is 74.9 cm³/mol. The molecular weight excluding hydrogens is 291 g/mol. The van der Waals surface area contributed by atoms with Crippen LogP contribution < -0.4 is 5.32 Å². The van der Waals surface area contributed by atoms with E-state index in [2.05, 4.69) is 5.32 Å². The van der Waals surface area contributed by atoms with Crippen molar-refractivity contribution in [3.05, 3.63) is 63.6 Å². The van der Waals surface area contributed by atoms with E-state index in [1.165, 1.54) is 12.1 Å². The molecule has 1 N–H and O–H groups in total. The molecule has 2 rings (SSSR count). The van der Waals surface area contributed by atoms with Crippen molar-refractivity contribution >= 4 is 28.9 Å². The lowest BCUT2D eigenvalue weighted by Gasteiger charge is -2.17. The van der Waals surface area contributed by atoms with E-state index >= 15 is 0 Å². The standard InChI is InChI=1S/C14H11Cl2F2N/c1-8(12-3-2-4-13(17)14(12)18)19-11-6-9(15)5-10(16)7-11/h2-8,19H,1H3. The summed E-state index contributed by atoms with van der Waals surface area (Å²) in [5.74, 6) is -1.72. The Kier molecular flexibility index (Phi) is 4.27. The van der Waals surface area contributed by atoms with Crippen LogP contribution in [0.3, 0.4) is 0 Å². The third-order valence-electron chi connectivity index (χ3n) is 2.69. The topological polar surface area (TPSA) is 12.0 Å². The molecule has 0 aliphatic carbocycles. The van der Waals surface area contributed by atoms with Crippen LogP contribution in [0.1, 0.15) is 18.5 Å². The zero-order valence-corrected chi connectivity index (χ0v) is 11.6. The van der Waals surface area contributed by atoms with Gasteiger partial charge in [0.05, 0.1) is 6.04 Å². The molecular formula is C14H11Cl2F2N. The summed E-state index contributed by atoms with van der Waals surface area (Å²) in [5.41, 5.74) is 0.893. The largest absolute Gasteiger partial charge is 0.378 e. The van der Waals surface area contributed by atoms with Crippen molar-refractivity contribution in [3.8, 4) is 0 Å². The number of halogens is 4. The highest BCUT2D eigenvalue weighted by Gasteiger charge is 2.14. The third-order valence-corrected chi connectivity index (χ3v) is 3.13. The molecule has 0 aromatic heterocycles. The molecule has 1 atom stereocenters. The molecule has 2 aromatic carbocycles. The minimum absolute atomic E-state index is 0.246.